The highest BCUT2D eigenvalue weighted by Crippen LogP contribution is 2.07. The van der Waals surface area contributed by atoms with Crippen LogP contribution in [0.2, 0.25) is 0 Å². The molecule has 0 saturated heterocycles. The van der Waals surface area contributed by atoms with Crippen molar-refractivity contribution in [3.63, 3.8) is 0 Å². The molecule has 3 heteroatoms. The van der Waals surface area contributed by atoms with Crippen LogP contribution >= 0.6 is 12.0 Å². The first-order valence-electron chi connectivity index (χ1n) is 3.12. The molecule has 0 aromatic heterocycles. The topological polar surface area (TPSA) is 18.5 Å². The van der Waals surface area contributed by atoms with Crippen LogP contribution in [0.3, 0.4) is 0 Å². The average Bonchev–Trinajstić information content (AvgIpc) is 1.89. The second-order valence-corrected chi connectivity index (χ2v) is 2.56. The predicted molar refractivity (Wildman–Crippen MR) is 40.3 cm³/mol. The van der Waals surface area contributed by atoms with Crippen LogP contribution in [0.15, 0.2) is 0 Å². The quantitative estimate of drug-likeness (QED) is 0.339. The summed E-state index contributed by atoms with van der Waals surface area (Å²) in [5, 5.41) is 0. The molecular formula is C6H14O2S. The molecule has 0 fully saturated rings. The molecule has 0 aromatic carbocycles. The number of ether oxygens (including phenoxy) is 1. The fourth-order valence-corrected chi connectivity index (χ4v) is 0.800. The molecule has 0 aliphatic carbocycles. The molecule has 0 amide bonds. The lowest BCUT2D eigenvalue weighted by molar-refractivity contribution is -0.0247. The van der Waals surface area contributed by atoms with Gasteiger partial charge in [0.25, 0.3) is 0 Å². The Morgan fingerprint density at radius 3 is 2.67 bits per heavy atom. The van der Waals surface area contributed by atoms with E-state index in [9.17, 15) is 0 Å². The van der Waals surface area contributed by atoms with Gasteiger partial charge in [-0.15, -0.1) is 0 Å². The van der Waals surface area contributed by atoms with Gasteiger partial charge >= 0.3 is 0 Å². The molecule has 2 nitrogen and oxygen atoms in total. The number of hydrogen-bond donors (Lipinski definition) is 0. The number of rotatable bonds is 5. The van der Waals surface area contributed by atoms with Gasteiger partial charge < -0.3 is 4.74 Å². The predicted octanol–water partition coefficient (Wildman–Crippen LogP) is 2.05. The highest BCUT2D eigenvalue weighted by molar-refractivity contribution is 7.94. The minimum atomic E-state index is -0.0819. The van der Waals surface area contributed by atoms with Gasteiger partial charge in [-0.2, -0.15) is 0 Å². The third-order valence-electron chi connectivity index (χ3n) is 0.823. The smallest absolute Gasteiger partial charge is 0.167 e. The van der Waals surface area contributed by atoms with Gasteiger partial charge in [-0.3, -0.25) is 4.18 Å². The molecule has 0 bridgehead atoms. The summed E-state index contributed by atoms with van der Waals surface area (Å²) < 4.78 is 9.98. The van der Waals surface area contributed by atoms with Crippen molar-refractivity contribution in [3.8, 4) is 0 Å². The Hall–Kier alpha value is 0.270. The lowest BCUT2D eigenvalue weighted by Crippen LogP contribution is -2.05. The summed E-state index contributed by atoms with van der Waals surface area (Å²) in [6.45, 7) is 4.00. The Labute approximate surface area is 61.1 Å². The Balaban J connectivity index is 2.88. The molecule has 0 aliphatic rings. The van der Waals surface area contributed by atoms with Crippen LogP contribution in [-0.4, -0.2) is 19.2 Å². The van der Waals surface area contributed by atoms with Crippen LogP contribution in [0.25, 0.3) is 0 Å². The van der Waals surface area contributed by atoms with Crippen LogP contribution in [0.4, 0.5) is 0 Å². The maximum absolute atomic E-state index is 5.13. The zero-order valence-electron chi connectivity index (χ0n) is 6.22. The molecule has 0 rings (SSSR count). The number of methoxy groups -OCH3 is 1. The molecular weight excluding hydrogens is 136 g/mol. The first-order chi connectivity index (χ1) is 4.31. The standard InChI is InChI=1S/C6H14O2S/c1-4-5-9-8-6(2)7-3/h6H,4-5H2,1-3H3. The van der Waals surface area contributed by atoms with Gasteiger partial charge in [0, 0.05) is 12.9 Å². The van der Waals surface area contributed by atoms with Crippen molar-refractivity contribution in [2.45, 2.75) is 26.6 Å². The van der Waals surface area contributed by atoms with Crippen molar-refractivity contribution in [1.82, 2.24) is 0 Å². The second-order valence-electron chi connectivity index (χ2n) is 1.72. The summed E-state index contributed by atoms with van der Waals surface area (Å²) >= 11 is 1.46. The zero-order valence-corrected chi connectivity index (χ0v) is 7.03. The molecule has 0 N–H and O–H groups in total. The van der Waals surface area contributed by atoms with Crippen LogP contribution in [0, 0.1) is 0 Å². The van der Waals surface area contributed by atoms with Crippen LogP contribution in [-0.2, 0) is 8.92 Å². The highest BCUT2D eigenvalue weighted by atomic mass is 32.2. The highest BCUT2D eigenvalue weighted by Gasteiger charge is 1.96. The van der Waals surface area contributed by atoms with E-state index in [0.29, 0.717) is 0 Å². The van der Waals surface area contributed by atoms with E-state index in [1.165, 1.54) is 12.0 Å². The summed E-state index contributed by atoms with van der Waals surface area (Å²) in [6, 6.07) is 0. The van der Waals surface area contributed by atoms with Gasteiger partial charge in [-0.1, -0.05) is 6.92 Å². The van der Waals surface area contributed by atoms with E-state index in [0.717, 1.165) is 12.2 Å². The van der Waals surface area contributed by atoms with Crippen molar-refractivity contribution in [3.05, 3.63) is 0 Å². The van der Waals surface area contributed by atoms with E-state index >= 15 is 0 Å². The zero-order chi connectivity index (χ0) is 7.11. The van der Waals surface area contributed by atoms with E-state index in [2.05, 4.69) is 6.92 Å². The monoisotopic (exact) mass is 150 g/mol. The van der Waals surface area contributed by atoms with Crippen molar-refractivity contribution < 1.29 is 8.92 Å². The average molecular weight is 150 g/mol. The van der Waals surface area contributed by atoms with Gasteiger partial charge in [-0.05, 0) is 25.4 Å². The molecule has 0 aromatic rings. The van der Waals surface area contributed by atoms with Crippen molar-refractivity contribution in [2.24, 2.45) is 0 Å². The van der Waals surface area contributed by atoms with Gasteiger partial charge in [0.2, 0.25) is 0 Å². The van der Waals surface area contributed by atoms with Crippen molar-refractivity contribution in [1.29, 1.82) is 0 Å². The SMILES string of the molecule is CCCSOC(C)OC. The molecule has 0 spiro atoms. The van der Waals surface area contributed by atoms with E-state index in [4.69, 9.17) is 8.92 Å². The third-order valence-corrected chi connectivity index (χ3v) is 1.80. The lowest BCUT2D eigenvalue weighted by Gasteiger charge is -2.07. The normalized spacial score (nSPS) is 13.7. The Kier molecular flexibility index (Phi) is 6.58. The largest absolute Gasteiger partial charge is 0.355 e. The van der Waals surface area contributed by atoms with Crippen LogP contribution in [0.1, 0.15) is 20.3 Å². The van der Waals surface area contributed by atoms with Gasteiger partial charge in [0.05, 0.1) is 0 Å². The van der Waals surface area contributed by atoms with E-state index in [-0.39, 0.29) is 6.29 Å². The van der Waals surface area contributed by atoms with E-state index in [1.54, 1.807) is 7.11 Å². The molecule has 56 valence electrons. The molecule has 1 unspecified atom stereocenters. The molecule has 1 atom stereocenters. The minimum Gasteiger partial charge on any atom is -0.355 e. The van der Waals surface area contributed by atoms with Crippen molar-refractivity contribution in [2.75, 3.05) is 12.9 Å². The summed E-state index contributed by atoms with van der Waals surface area (Å²) in [4.78, 5) is 0. The summed E-state index contributed by atoms with van der Waals surface area (Å²) in [5.41, 5.74) is 0. The number of hydrogen-bond acceptors (Lipinski definition) is 3. The van der Waals surface area contributed by atoms with E-state index in [1.807, 2.05) is 6.92 Å². The first kappa shape index (κ1) is 9.27. The lowest BCUT2D eigenvalue weighted by atomic mass is 10.6. The maximum Gasteiger partial charge on any atom is 0.167 e. The van der Waals surface area contributed by atoms with Crippen LogP contribution < -0.4 is 0 Å². The summed E-state index contributed by atoms with van der Waals surface area (Å²) in [6.07, 6.45) is 1.06. The first-order valence-corrected chi connectivity index (χ1v) is 4.03. The fourth-order valence-electron chi connectivity index (χ4n) is 0.267. The molecule has 9 heavy (non-hydrogen) atoms. The molecule has 0 saturated carbocycles. The van der Waals surface area contributed by atoms with Gasteiger partial charge in [0.1, 0.15) is 0 Å². The fraction of sp³-hybridized carbons (Fsp3) is 1.00. The molecule has 0 heterocycles. The minimum absolute atomic E-state index is 0.0819. The Morgan fingerprint density at radius 1 is 1.56 bits per heavy atom. The Morgan fingerprint density at radius 2 is 2.22 bits per heavy atom. The third kappa shape index (κ3) is 6.15. The van der Waals surface area contributed by atoms with Crippen LogP contribution in [0.5, 0.6) is 0 Å². The second kappa shape index (κ2) is 6.39. The van der Waals surface area contributed by atoms with Crippen molar-refractivity contribution >= 4 is 12.0 Å². The van der Waals surface area contributed by atoms with Gasteiger partial charge in [-0.25, -0.2) is 0 Å². The van der Waals surface area contributed by atoms with E-state index < -0.39 is 0 Å². The molecule has 0 radical (unpaired) electrons. The summed E-state index contributed by atoms with van der Waals surface area (Å²) in [5.74, 6) is 1.04. The van der Waals surface area contributed by atoms with Gasteiger partial charge in [0.15, 0.2) is 6.29 Å². The maximum atomic E-state index is 5.13. The molecule has 0 aliphatic heterocycles. The summed E-state index contributed by atoms with van der Waals surface area (Å²) in [7, 11) is 1.64. The Bertz CT molecular complexity index is 59.0.